The van der Waals surface area contributed by atoms with Crippen LogP contribution in [0.2, 0.25) is 0 Å². The highest BCUT2D eigenvalue weighted by atomic mass is 16.3. The summed E-state index contributed by atoms with van der Waals surface area (Å²) >= 11 is 0. The minimum Gasteiger partial charge on any atom is -0.456 e. The fourth-order valence-corrected chi connectivity index (χ4v) is 7.78. The van der Waals surface area contributed by atoms with Crippen molar-refractivity contribution >= 4 is 49.8 Å². The number of furan rings is 1. The first-order chi connectivity index (χ1) is 26.2. The molecule has 0 radical (unpaired) electrons. The summed E-state index contributed by atoms with van der Waals surface area (Å²) in [5.41, 5.74) is 15.6. The molecule has 11 aromatic rings. The van der Waals surface area contributed by atoms with Gasteiger partial charge in [-0.05, 0) is 101 Å². The number of imidazole rings is 2. The molecule has 0 N–H and O–H groups in total. The molecule has 5 nitrogen and oxygen atoms in total. The average molecular weight is 679 g/mol. The fourth-order valence-electron chi connectivity index (χ4n) is 7.78. The van der Waals surface area contributed by atoms with Crippen LogP contribution < -0.4 is 0 Å². The number of fused-ring (bicyclic) bond motifs is 8. The Labute approximate surface area is 304 Å². The smallest absolute Gasteiger partial charge is 0.220 e. The maximum absolute atomic E-state index is 6.39. The molecule has 0 unspecified atom stereocenters. The van der Waals surface area contributed by atoms with Crippen LogP contribution in [-0.4, -0.2) is 18.9 Å². The van der Waals surface area contributed by atoms with Crippen molar-refractivity contribution in [1.82, 2.24) is 18.9 Å². The van der Waals surface area contributed by atoms with Gasteiger partial charge in [-0.25, -0.2) is 9.97 Å². The van der Waals surface area contributed by atoms with Gasteiger partial charge in [0.2, 0.25) is 5.78 Å². The molecular formula is C48H30N4O. The van der Waals surface area contributed by atoms with E-state index in [0.29, 0.717) is 0 Å². The Morgan fingerprint density at radius 1 is 0.377 bits per heavy atom. The molecule has 0 aliphatic carbocycles. The van der Waals surface area contributed by atoms with Gasteiger partial charge in [-0.3, -0.25) is 8.97 Å². The lowest BCUT2D eigenvalue weighted by Gasteiger charge is -2.10. The van der Waals surface area contributed by atoms with Crippen molar-refractivity contribution in [2.24, 2.45) is 0 Å². The average Bonchev–Trinajstić information content (AvgIpc) is 3.89. The normalized spacial score (nSPS) is 11.8. The van der Waals surface area contributed by atoms with Gasteiger partial charge in [0.25, 0.3) is 0 Å². The fraction of sp³-hybridized carbons (Fsp3) is 0. The Morgan fingerprint density at radius 3 is 1.74 bits per heavy atom. The van der Waals surface area contributed by atoms with E-state index in [2.05, 4.69) is 179 Å². The molecule has 0 saturated carbocycles. The molecule has 4 aromatic heterocycles. The van der Waals surface area contributed by atoms with Crippen LogP contribution in [0.25, 0.3) is 100 Å². The second kappa shape index (κ2) is 11.7. The number of hydrogen-bond donors (Lipinski definition) is 0. The van der Waals surface area contributed by atoms with Gasteiger partial charge in [0.15, 0.2) is 0 Å². The highest BCUT2D eigenvalue weighted by Crippen LogP contribution is 2.37. The van der Waals surface area contributed by atoms with E-state index < -0.39 is 0 Å². The maximum atomic E-state index is 6.39. The number of aromatic nitrogens is 4. The Morgan fingerprint density at radius 2 is 0.962 bits per heavy atom. The largest absolute Gasteiger partial charge is 0.456 e. The molecular weight excluding hydrogens is 649 g/mol. The van der Waals surface area contributed by atoms with Crippen molar-refractivity contribution in [3.05, 3.63) is 182 Å². The first kappa shape index (κ1) is 29.5. The lowest BCUT2D eigenvalue weighted by atomic mass is 9.98. The third kappa shape index (κ3) is 4.79. The van der Waals surface area contributed by atoms with Gasteiger partial charge >= 0.3 is 0 Å². The Kier molecular flexibility index (Phi) is 6.48. The van der Waals surface area contributed by atoms with Gasteiger partial charge in [-0.2, -0.15) is 0 Å². The molecule has 0 atom stereocenters. The lowest BCUT2D eigenvalue weighted by molar-refractivity contribution is 0.669. The number of nitrogens with zero attached hydrogens (tertiary/aromatic N) is 4. The molecule has 0 spiro atoms. The SMILES string of the molecule is c1ccc(-c2cc(-c3ccccc3)nc(-c3ccc4oc5ccc(-c6cccc(-n7c8ccccc8n8c9ccccc9nc78)c6)cc5c4c3)c2)cc1. The zero-order chi connectivity index (χ0) is 34.9. The number of para-hydroxylation sites is 4. The minimum absolute atomic E-state index is 0.852. The molecule has 0 bridgehead atoms. The molecule has 0 aliphatic rings. The predicted molar refractivity (Wildman–Crippen MR) is 216 cm³/mol. The lowest BCUT2D eigenvalue weighted by Crippen LogP contribution is -1.95. The summed E-state index contributed by atoms with van der Waals surface area (Å²) in [6, 6.07) is 63.7. The third-order valence-electron chi connectivity index (χ3n) is 10.3. The summed E-state index contributed by atoms with van der Waals surface area (Å²) in [6.07, 6.45) is 0. The highest BCUT2D eigenvalue weighted by Gasteiger charge is 2.18. The molecule has 0 saturated heterocycles. The summed E-state index contributed by atoms with van der Waals surface area (Å²) < 4.78 is 10.9. The van der Waals surface area contributed by atoms with Crippen molar-refractivity contribution in [3.63, 3.8) is 0 Å². The topological polar surface area (TPSA) is 48.3 Å². The molecule has 5 heteroatoms. The number of hydrogen-bond acceptors (Lipinski definition) is 3. The van der Waals surface area contributed by atoms with Crippen molar-refractivity contribution in [3.8, 4) is 50.5 Å². The van der Waals surface area contributed by atoms with E-state index in [1.54, 1.807) is 0 Å². The molecule has 248 valence electrons. The number of benzene rings is 7. The van der Waals surface area contributed by atoms with Crippen LogP contribution in [0.4, 0.5) is 0 Å². The summed E-state index contributed by atoms with van der Waals surface area (Å²) in [5, 5.41) is 2.13. The van der Waals surface area contributed by atoms with E-state index in [4.69, 9.17) is 14.4 Å². The standard InChI is InChI=1S/C48H30N4O/c1-3-12-31(13-4-1)36-29-41(32-14-5-2-6-15-32)49-42(30-36)35-23-25-47-39(28-35)38-27-34(22-24-46(38)53-47)33-16-11-17-37(26-33)51-44-20-9-10-21-45(44)52-43-19-8-7-18-40(43)50-48(51)52/h1-30H. The van der Waals surface area contributed by atoms with Crippen molar-refractivity contribution in [1.29, 1.82) is 0 Å². The van der Waals surface area contributed by atoms with Crippen LogP contribution >= 0.6 is 0 Å². The van der Waals surface area contributed by atoms with Crippen LogP contribution in [0, 0.1) is 0 Å². The van der Waals surface area contributed by atoms with Crippen molar-refractivity contribution in [2.45, 2.75) is 0 Å². The Bertz CT molecular complexity index is 3110. The quantitative estimate of drug-likeness (QED) is 0.182. The number of rotatable bonds is 5. The second-order valence-electron chi connectivity index (χ2n) is 13.5. The van der Waals surface area contributed by atoms with E-state index in [-0.39, 0.29) is 0 Å². The predicted octanol–water partition coefficient (Wildman–Crippen LogP) is 12.4. The molecule has 0 aliphatic heterocycles. The van der Waals surface area contributed by atoms with Gasteiger partial charge in [0.1, 0.15) is 11.2 Å². The zero-order valence-corrected chi connectivity index (χ0v) is 28.5. The van der Waals surface area contributed by atoms with E-state index >= 15 is 0 Å². The Balaban J connectivity index is 1.04. The monoisotopic (exact) mass is 678 g/mol. The first-order valence-corrected chi connectivity index (χ1v) is 17.8. The first-order valence-electron chi connectivity index (χ1n) is 17.8. The molecule has 0 amide bonds. The van der Waals surface area contributed by atoms with Gasteiger partial charge in [0.05, 0.1) is 33.5 Å². The molecule has 0 fully saturated rings. The van der Waals surface area contributed by atoms with E-state index in [9.17, 15) is 0 Å². The van der Waals surface area contributed by atoms with Crippen molar-refractivity contribution in [2.75, 3.05) is 0 Å². The highest BCUT2D eigenvalue weighted by molar-refractivity contribution is 6.07. The van der Waals surface area contributed by atoms with Crippen molar-refractivity contribution < 1.29 is 4.42 Å². The van der Waals surface area contributed by atoms with Crippen LogP contribution in [0.1, 0.15) is 0 Å². The summed E-state index contributed by atoms with van der Waals surface area (Å²) in [7, 11) is 0. The van der Waals surface area contributed by atoms with Gasteiger partial charge in [-0.1, -0.05) is 103 Å². The van der Waals surface area contributed by atoms with Gasteiger partial charge < -0.3 is 4.42 Å². The van der Waals surface area contributed by atoms with E-state index in [0.717, 1.165) is 100 Å². The van der Waals surface area contributed by atoms with Gasteiger partial charge in [-0.15, -0.1) is 0 Å². The Hall–Kier alpha value is -7.24. The summed E-state index contributed by atoms with van der Waals surface area (Å²) in [4.78, 5) is 10.3. The molecule has 7 aromatic carbocycles. The maximum Gasteiger partial charge on any atom is 0.220 e. The van der Waals surface area contributed by atoms with Crippen LogP contribution in [0.5, 0.6) is 0 Å². The second-order valence-corrected chi connectivity index (χ2v) is 13.5. The number of pyridine rings is 1. The van der Waals surface area contributed by atoms with E-state index in [1.807, 2.05) is 12.1 Å². The molecule has 11 rings (SSSR count). The third-order valence-corrected chi connectivity index (χ3v) is 10.3. The molecule has 4 heterocycles. The van der Waals surface area contributed by atoms with E-state index in [1.165, 1.54) is 0 Å². The summed E-state index contributed by atoms with van der Waals surface area (Å²) in [5.74, 6) is 0.897. The van der Waals surface area contributed by atoms with Crippen LogP contribution in [0.3, 0.4) is 0 Å². The van der Waals surface area contributed by atoms with Gasteiger partial charge in [0, 0.05) is 27.6 Å². The summed E-state index contributed by atoms with van der Waals surface area (Å²) in [6.45, 7) is 0. The molecule has 53 heavy (non-hydrogen) atoms. The zero-order valence-electron chi connectivity index (χ0n) is 28.5. The van der Waals surface area contributed by atoms with Crippen LogP contribution in [-0.2, 0) is 0 Å². The van der Waals surface area contributed by atoms with Crippen LogP contribution in [0.15, 0.2) is 186 Å². The minimum atomic E-state index is 0.852.